The predicted octanol–water partition coefficient (Wildman–Crippen LogP) is 7.11. The number of aliphatic hydroxyl groups is 1. The highest BCUT2D eigenvalue weighted by Gasteiger charge is 2.46. The van der Waals surface area contributed by atoms with E-state index < -0.39 is 11.5 Å². The second kappa shape index (κ2) is 12.3. The fourth-order valence-corrected chi connectivity index (χ4v) is 4.89. The fraction of sp³-hybridized carbons (Fsp3) is 0.219. The molecule has 1 aliphatic heterocycles. The number of rotatable bonds is 8. The molecule has 5 nitrogen and oxygen atoms in total. The van der Waals surface area contributed by atoms with Crippen LogP contribution in [-0.4, -0.2) is 35.4 Å². The van der Waals surface area contributed by atoms with E-state index in [1.807, 2.05) is 84.9 Å². The first kappa shape index (κ1) is 27.4. The van der Waals surface area contributed by atoms with Gasteiger partial charge in [-0.05, 0) is 79.2 Å². The number of piperidine rings is 1. The van der Waals surface area contributed by atoms with Crippen LogP contribution in [0.25, 0.3) is 0 Å². The van der Waals surface area contributed by atoms with Crippen molar-refractivity contribution in [3.8, 4) is 23.0 Å². The lowest BCUT2D eigenvalue weighted by molar-refractivity contribution is -0.0632. The topological polar surface area (TPSA) is 59.0 Å². The van der Waals surface area contributed by atoms with Gasteiger partial charge in [0.2, 0.25) is 0 Å². The lowest BCUT2D eigenvalue weighted by Gasteiger charge is -2.44. The molecule has 2 atom stereocenters. The molecule has 38 heavy (non-hydrogen) atoms. The first-order chi connectivity index (χ1) is 18.0. The number of Topliss-reactive ketones (excluding diaryl/α,β-unsaturated/α-hetero) is 1. The number of halogens is 1. The summed E-state index contributed by atoms with van der Waals surface area (Å²) in [6.45, 7) is 4.13. The highest BCUT2D eigenvalue weighted by atomic mass is 35.5. The van der Waals surface area contributed by atoms with E-state index in [9.17, 15) is 9.90 Å². The number of carbonyl (C=O) groups excluding carboxylic acids is 1. The minimum Gasteiger partial charge on any atom is -0.457 e. The van der Waals surface area contributed by atoms with Gasteiger partial charge < -0.3 is 19.5 Å². The van der Waals surface area contributed by atoms with Gasteiger partial charge in [0.1, 0.15) is 28.6 Å². The van der Waals surface area contributed by atoms with E-state index in [0.717, 1.165) is 30.2 Å². The van der Waals surface area contributed by atoms with Crippen LogP contribution >= 0.6 is 12.4 Å². The molecule has 0 saturated carbocycles. The molecule has 0 aromatic heterocycles. The Morgan fingerprint density at radius 3 is 1.76 bits per heavy atom. The Morgan fingerprint density at radius 1 is 0.789 bits per heavy atom. The van der Waals surface area contributed by atoms with Crippen LogP contribution in [0.1, 0.15) is 29.3 Å². The second-order valence-electron chi connectivity index (χ2n) is 9.36. The van der Waals surface area contributed by atoms with E-state index in [2.05, 4.69) is 11.8 Å². The summed E-state index contributed by atoms with van der Waals surface area (Å²) in [6, 6.07) is 33.7. The van der Waals surface area contributed by atoms with Crippen LogP contribution in [0.5, 0.6) is 23.0 Å². The molecular formula is C32H32ClNO4. The number of ether oxygens (including phenoxy) is 2. The van der Waals surface area contributed by atoms with E-state index in [1.54, 1.807) is 24.3 Å². The Kier molecular flexibility index (Phi) is 8.85. The molecule has 5 rings (SSSR count). The van der Waals surface area contributed by atoms with Gasteiger partial charge in [-0.25, -0.2) is 0 Å². The number of hydrogen-bond acceptors (Lipinski definition) is 5. The summed E-state index contributed by atoms with van der Waals surface area (Å²) in [5, 5.41) is 12.0. The zero-order valence-corrected chi connectivity index (χ0v) is 22.1. The van der Waals surface area contributed by atoms with Gasteiger partial charge in [0, 0.05) is 18.7 Å². The maximum atomic E-state index is 13.8. The largest absolute Gasteiger partial charge is 0.457 e. The summed E-state index contributed by atoms with van der Waals surface area (Å²) in [6.07, 6.45) is 0.478. The van der Waals surface area contributed by atoms with E-state index in [4.69, 9.17) is 9.47 Å². The van der Waals surface area contributed by atoms with Crippen LogP contribution in [-0.2, 0) is 5.60 Å². The van der Waals surface area contributed by atoms with Crippen molar-refractivity contribution in [2.45, 2.75) is 18.9 Å². The smallest absolute Gasteiger partial charge is 0.170 e. The summed E-state index contributed by atoms with van der Waals surface area (Å²) in [4.78, 5) is 16.0. The molecule has 1 fully saturated rings. The Morgan fingerprint density at radius 2 is 1.26 bits per heavy atom. The summed E-state index contributed by atoms with van der Waals surface area (Å²) in [5.41, 5.74) is 0.0182. The van der Waals surface area contributed by atoms with Crippen LogP contribution in [0.2, 0.25) is 0 Å². The number of carbonyl (C=O) groups is 1. The maximum absolute atomic E-state index is 13.8. The molecule has 4 aromatic carbocycles. The van der Waals surface area contributed by atoms with E-state index >= 15 is 0 Å². The van der Waals surface area contributed by atoms with Crippen LogP contribution < -0.4 is 9.47 Å². The zero-order valence-electron chi connectivity index (χ0n) is 21.3. The van der Waals surface area contributed by atoms with Crippen LogP contribution in [0.3, 0.4) is 0 Å². The Hall–Kier alpha value is -3.64. The van der Waals surface area contributed by atoms with Gasteiger partial charge in [0.25, 0.3) is 0 Å². The minimum atomic E-state index is -1.27. The van der Waals surface area contributed by atoms with Gasteiger partial charge >= 0.3 is 0 Å². The van der Waals surface area contributed by atoms with Crippen molar-refractivity contribution in [2.24, 2.45) is 5.92 Å². The molecule has 0 aliphatic carbocycles. The van der Waals surface area contributed by atoms with Crippen molar-refractivity contribution in [2.75, 3.05) is 19.6 Å². The molecule has 1 N–H and O–H groups in total. The van der Waals surface area contributed by atoms with E-state index in [-0.39, 0.29) is 18.2 Å². The van der Waals surface area contributed by atoms with Gasteiger partial charge in [-0.2, -0.15) is 0 Å². The summed E-state index contributed by atoms with van der Waals surface area (Å²) < 4.78 is 11.8. The molecule has 0 spiro atoms. The quantitative estimate of drug-likeness (QED) is 0.246. The molecule has 0 bridgehead atoms. The van der Waals surface area contributed by atoms with Crippen LogP contribution in [0.15, 0.2) is 109 Å². The summed E-state index contributed by atoms with van der Waals surface area (Å²) in [5.74, 6) is 2.16. The molecule has 2 unspecified atom stereocenters. The van der Waals surface area contributed by atoms with Gasteiger partial charge in [0.15, 0.2) is 5.78 Å². The second-order valence-corrected chi connectivity index (χ2v) is 9.36. The third kappa shape index (κ3) is 6.08. The van der Waals surface area contributed by atoms with Gasteiger partial charge in [-0.15, -0.1) is 12.4 Å². The van der Waals surface area contributed by atoms with E-state index in [0.29, 0.717) is 30.0 Å². The molecule has 6 heteroatoms. The van der Waals surface area contributed by atoms with Crippen molar-refractivity contribution < 1.29 is 19.4 Å². The van der Waals surface area contributed by atoms with Crippen molar-refractivity contribution in [1.29, 1.82) is 0 Å². The van der Waals surface area contributed by atoms with Crippen molar-refractivity contribution in [1.82, 2.24) is 4.90 Å². The summed E-state index contributed by atoms with van der Waals surface area (Å²) in [7, 11) is 0. The van der Waals surface area contributed by atoms with E-state index in [1.165, 1.54) is 0 Å². The Balaban J connectivity index is 0.00000336. The first-order valence-electron chi connectivity index (χ1n) is 12.7. The number of ketones is 1. The van der Waals surface area contributed by atoms with Crippen LogP contribution in [0, 0.1) is 5.92 Å². The van der Waals surface area contributed by atoms with Crippen molar-refractivity contribution in [3.05, 3.63) is 120 Å². The molecule has 1 aliphatic rings. The molecule has 1 heterocycles. The Bertz CT molecular complexity index is 1310. The lowest BCUT2D eigenvalue weighted by Crippen LogP contribution is -2.53. The number of hydrogen-bond donors (Lipinski definition) is 1. The van der Waals surface area contributed by atoms with Crippen molar-refractivity contribution in [3.63, 3.8) is 0 Å². The monoisotopic (exact) mass is 529 g/mol. The highest BCUT2D eigenvalue weighted by Crippen LogP contribution is 2.40. The van der Waals surface area contributed by atoms with Gasteiger partial charge in [0.05, 0.1) is 5.92 Å². The Labute approximate surface area is 230 Å². The molecule has 0 radical (unpaired) electrons. The lowest BCUT2D eigenvalue weighted by atomic mass is 9.72. The maximum Gasteiger partial charge on any atom is 0.170 e. The first-order valence-corrected chi connectivity index (χ1v) is 12.7. The number of likely N-dealkylation sites (tertiary alicyclic amines) is 1. The fourth-order valence-electron chi connectivity index (χ4n) is 4.89. The molecule has 0 amide bonds. The number of benzene rings is 4. The molecule has 4 aromatic rings. The minimum absolute atomic E-state index is 0. The third-order valence-corrected chi connectivity index (χ3v) is 7.04. The number of para-hydroxylation sites is 2. The third-order valence-electron chi connectivity index (χ3n) is 7.04. The van der Waals surface area contributed by atoms with Crippen molar-refractivity contribution >= 4 is 18.2 Å². The standard InChI is InChI=1S/C32H31NO4.ClH/c1-2-33-22-21-32(35,25-15-19-29(20-16-25)37-27-11-7-4-8-12-27)30(23-33)31(34)24-13-17-28(18-14-24)36-26-9-5-3-6-10-26;/h3-20,30,35H,2,21-23H2,1H3;1H. The number of nitrogens with zero attached hydrogens (tertiary/aromatic N) is 1. The average Bonchev–Trinajstić information content (AvgIpc) is 2.95. The van der Waals surface area contributed by atoms with Gasteiger partial charge in [-0.3, -0.25) is 4.79 Å². The predicted molar refractivity (Wildman–Crippen MR) is 152 cm³/mol. The summed E-state index contributed by atoms with van der Waals surface area (Å²) >= 11 is 0. The molecule has 1 saturated heterocycles. The SMILES string of the molecule is CCN1CCC(O)(c2ccc(Oc3ccccc3)cc2)C(C(=O)c2ccc(Oc3ccccc3)cc2)C1.Cl. The van der Waals surface area contributed by atoms with Crippen LogP contribution in [0.4, 0.5) is 0 Å². The molecule has 196 valence electrons. The molecular weight excluding hydrogens is 498 g/mol. The van der Waals surface area contributed by atoms with Gasteiger partial charge in [-0.1, -0.05) is 55.5 Å². The average molecular weight is 530 g/mol. The normalized spacial score (nSPS) is 19.3. The zero-order chi connectivity index (χ0) is 25.7. The highest BCUT2D eigenvalue weighted by molar-refractivity contribution is 5.99.